The topological polar surface area (TPSA) is 59.0 Å². The zero-order valence-corrected chi connectivity index (χ0v) is 9.57. The third-order valence-corrected chi connectivity index (χ3v) is 2.93. The van der Waals surface area contributed by atoms with Gasteiger partial charge in [0.05, 0.1) is 6.20 Å². The van der Waals surface area contributed by atoms with Crippen LogP contribution in [-0.4, -0.2) is 28.3 Å². The summed E-state index contributed by atoms with van der Waals surface area (Å²) in [5.41, 5.74) is 0. The lowest BCUT2D eigenvalue weighted by molar-refractivity contribution is -0.116. The minimum atomic E-state index is 0.0583. The highest BCUT2D eigenvalue weighted by Gasteiger charge is 2.16. The first-order valence-corrected chi connectivity index (χ1v) is 5.77. The van der Waals surface area contributed by atoms with Crippen LogP contribution < -0.4 is 10.6 Å². The fourth-order valence-corrected chi connectivity index (χ4v) is 2.01. The number of rotatable bonds is 3. The van der Waals surface area contributed by atoms with Crippen molar-refractivity contribution in [1.82, 2.24) is 15.1 Å². The molecule has 0 spiro atoms. The largest absolute Gasteiger partial charge is 0.313 e. The summed E-state index contributed by atoms with van der Waals surface area (Å²) in [5, 5.41) is 10.2. The Hall–Kier alpha value is -1.36. The predicted molar refractivity (Wildman–Crippen MR) is 62.1 cm³/mol. The van der Waals surface area contributed by atoms with Gasteiger partial charge in [-0.3, -0.25) is 9.48 Å². The number of hydrogen-bond acceptors (Lipinski definition) is 3. The summed E-state index contributed by atoms with van der Waals surface area (Å²) in [6.07, 6.45) is 5.76. The lowest BCUT2D eigenvalue weighted by atomic mass is 10.0. The van der Waals surface area contributed by atoms with Gasteiger partial charge in [-0.05, 0) is 19.4 Å². The highest BCUT2D eigenvalue weighted by Crippen LogP contribution is 2.11. The van der Waals surface area contributed by atoms with Crippen LogP contribution in [0, 0.1) is 0 Å². The van der Waals surface area contributed by atoms with Gasteiger partial charge < -0.3 is 10.6 Å². The SMILES string of the molecule is Cn1nccc1NC(=O)CC1CCCCN1. The number of nitrogens with zero attached hydrogens (tertiary/aromatic N) is 2. The molecule has 0 bridgehead atoms. The van der Waals surface area contributed by atoms with E-state index in [1.165, 1.54) is 12.8 Å². The molecule has 2 rings (SSSR count). The normalized spacial score (nSPS) is 20.7. The van der Waals surface area contributed by atoms with Crippen molar-refractivity contribution in [3.63, 3.8) is 0 Å². The average molecular weight is 222 g/mol. The maximum Gasteiger partial charge on any atom is 0.227 e. The number of nitrogens with one attached hydrogen (secondary N) is 2. The Morgan fingerprint density at radius 3 is 3.19 bits per heavy atom. The quantitative estimate of drug-likeness (QED) is 0.798. The summed E-state index contributed by atoms with van der Waals surface area (Å²) in [6.45, 7) is 1.03. The first-order valence-electron chi connectivity index (χ1n) is 5.77. The van der Waals surface area contributed by atoms with E-state index in [1.54, 1.807) is 16.9 Å². The van der Waals surface area contributed by atoms with Crippen LogP contribution in [0.1, 0.15) is 25.7 Å². The lowest BCUT2D eigenvalue weighted by Crippen LogP contribution is -2.37. The van der Waals surface area contributed by atoms with E-state index in [4.69, 9.17) is 0 Å². The van der Waals surface area contributed by atoms with Crippen LogP contribution in [0.3, 0.4) is 0 Å². The highest BCUT2D eigenvalue weighted by molar-refractivity contribution is 5.90. The molecule has 88 valence electrons. The Balaban J connectivity index is 1.82. The summed E-state index contributed by atoms with van der Waals surface area (Å²) in [7, 11) is 1.81. The third kappa shape index (κ3) is 2.82. The van der Waals surface area contributed by atoms with Gasteiger partial charge in [0, 0.05) is 25.6 Å². The molecule has 1 unspecified atom stereocenters. The van der Waals surface area contributed by atoms with E-state index in [9.17, 15) is 4.79 Å². The Morgan fingerprint density at radius 2 is 2.56 bits per heavy atom. The zero-order valence-electron chi connectivity index (χ0n) is 9.57. The van der Waals surface area contributed by atoms with E-state index in [2.05, 4.69) is 15.7 Å². The minimum Gasteiger partial charge on any atom is -0.313 e. The summed E-state index contributed by atoms with van der Waals surface area (Å²) >= 11 is 0. The molecule has 1 aromatic rings. The molecule has 0 saturated carbocycles. The van der Waals surface area contributed by atoms with Crippen molar-refractivity contribution >= 4 is 11.7 Å². The van der Waals surface area contributed by atoms with E-state index in [0.717, 1.165) is 18.8 Å². The number of carbonyl (C=O) groups excluding carboxylic acids is 1. The summed E-state index contributed by atoms with van der Waals surface area (Å²) < 4.78 is 1.66. The van der Waals surface area contributed by atoms with Crippen molar-refractivity contribution < 1.29 is 4.79 Å². The van der Waals surface area contributed by atoms with E-state index in [1.807, 2.05) is 7.05 Å². The van der Waals surface area contributed by atoms with Crippen molar-refractivity contribution in [2.24, 2.45) is 7.05 Å². The van der Waals surface area contributed by atoms with Crippen LogP contribution in [-0.2, 0) is 11.8 Å². The third-order valence-electron chi connectivity index (χ3n) is 2.93. The van der Waals surface area contributed by atoms with Crippen LogP contribution in [0.5, 0.6) is 0 Å². The van der Waals surface area contributed by atoms with E-state index in [-0.39, 0.29) is 5.91 Å². The van der Waals surface area contributed by atoms with E-state index < -0.39 is 0 Å². The number of aromatic nitrogens is 2. The second-order valence-corrected chi connectivity index (χ2v) is 4.24. The maximum absolute atomic E-state index is 11.7. The molecule has 2 heterocycles. The molecule has 1 aliphatic rings. The van der Waals surface area contributed by atoms with Gasteiger partial charge in [0.15, 0.2) is 0 Å². The van der Waals surface area contributed by atoms with Gasteiger partial charge in [0.2, 0.25) is 5.91 Å². The molecule has 1 atom stereocenters. The Labute approximate surface area is 95.2 Å². The molecule has 0 aliphatic carbocycles. The van der Waals surface area contributed by atoms with Crippen LogP contribution in [0.4, 0.5) is 5.82 Å². The molecule has 1 aromatic heterocycles. The molecule has 1 amide bonds. The number of carbonyl (C=O) groups is 1. The molecule has 16 heavy (non-hydrogen) atoms. The minimum absolute atomic E-state index is 0.0583. The Bertz CT molecular complexity index is 355. The Morgan fingerprint density at radius 1 is 1.69 bits per heavy atom. The number of aryl methyl sites for hydroxylation is 1. The number of anilines is 1. The first-order chi connectivity index (χ1) is 7.75. The van der Waals surface area contributed by atoms with E-state index in [0.29, 0.717) is 12.5 Å². The van der Waals surface area contributed by atoms with Crippen molar-refractivity contribution in [2.45, 2.75) is 31.7 Å². The number of hydrogen-bond donors (Lipinski definition) is 2. The molecular weight excluding hydrogens is 204 g/mol. The number of amides is 1. The first kappa shape index (κ1) is 11.1. The van der Waals surface area contributed by atoms with E-state index >= 15 is 0 Å². The van der Waals surface area contributed by atoms with Crippen LogP contribution >= 0.6 is 0 Å². The zero-order chi connectivity index (χ0) is 11.4. The lowest BCUT2D eigenvalue weighted by Gasteiger charge is -2.22. The average Bonchev–Trinajstić information content (AvgIpc) is 2.66. The van der Waals surface area contributed by atoms with Crippen LogP contribution in [0.2, 0.25) is 0 Å². The van der Waals surface area contributed by atoms with Crippen molar-refractivity contribution in [1.29, 1.82) is 0 Å². The highest BCUT2D eigenvalue weighted by atomic mass is 16.1. The standard InChI is InChI=1S/C11H18N4O/c1-15-10(5-7-13-15)14-11(16)8-9-4-2-3-6-12-9/h5,7,9,12H,2-4,6,8H2,1H3,(H,14,16). The molecule has 1 saturated heterocycles. The van der Waals surface area contributed by atoms with Crippen molar-refractivity contribution in [3.05, 3.63) is 12.3 Å². The molecule has 5 heteroatoms. The summed E-state index contributed by atoms with van der Waals surface area (Å²) in [5.74, 6) is 0.809. The molecule has 1 aliphatic heterocycles. The van der Waals surface area contributed by atoms with Gasteiger partial charge in [-0.15, -0.1) is 0 Å². The number of piperidine rings is 1. The molecule has 5 nitrogen and oxygen atoms in total. The smallest absolute Gasteiger partial charge is 0.227 e. The molecule has 1 fully saturated rings. The maximum atomic E-state index is 11.7. The van der Waals surface area contributed by atoms with Gasteiger partial charge in [-0.1, -0.05) is 6.42 Å². The Kier molecular flexibility index (Phi) is 3.56. The fourth-order valence-electron chi connectivity index (χ4n) is 2.01. The van der Waals surface area contributed by atoms with Gasteiger partial charge in [0.1, 0.15) is 5.82 Å². The molecule has 0 aromatic carbocycles. The second-order valence-electron chi connectivity index (χ2n) is 4.24. The van der Waals surface area contributed by atoms with Crippen molar-refractivity contribution in [2.75, 3.05) is 11.9 Å². The molecule has 0 radical (unpaired) electrons. The van der Waals surface area contributed by atoms with Gasteiger partial charge in [-0.2, -0.15) is 5.10 Å². The fraction of sp³-hybridized carbons (Fsp3) is 0.636. The van der Waals surface area contributed by atoms with Crippen molar-refractivity contribution in [3.8, 4) is 0 Å². The predicted octanol–water partition coefficient (Wildman–Crippen LogP) is 0.891. The summed E-state index contributed by atoms with van der Waals surface area (Å²) in [6, 6.07) is 2.13. The van der Waals surface area contributed by atoms with Crippen LogP contribution in [0.15, 0.2) is 12.3 Å². The van der Waals surface area contributed by atoms with Gasteiger partial charge >= 0.3 is 0 Å². The van der Waals surface area contributed by atoms with Gasteiger partial charge in [-0.25, -0.2) is 0 Å². The molecular formula is C11H18N4O. The van der Waals surface area contributed by atoms with Crippen LogP contribution in [0.25, 0.3) is 0 Å². The monoisotopic (exact) mass is 222 g/mol. The van der Waals surface area contributed by atoms with Gasteiger partial charge in [0.25, 0.3) is 0 Å². The summed E-state index contributed by atoms with van der Waals surface area (Å²) in [4.78, 5) is 11.7. The molecule has 2 N–H and O–H groups in total. The second kappa shape index (κ2) is 5.12.